The molecule has 0 aliphatic carbocycles. The van der Waals surface area contributed by atoms with Crippen molar-refractivity contribution in [2.24, 2.45) is 5.92 Å². The highest BCUT2D eigenvalue weighted by atomic mass is 79.9. The molecule has 108 valence electrons. The first-order valence-corrected chi connectivity index (χ1v) is 7.20. The van der Waals surface area contributed by atoms with Gasteiger partial charge in [-0.2, -0.15) is 0 Å². The van der Waals surface area contributed by atoms with Crippen LogP contribution >= 0.6 is 15.9 Å². The first kappa shape index (κ1) is 16.4. The number of hydrogen-bond donors (Lipinski definition) is 2. The Kier molecular flexibility index (Phi) is 6.45. The summed E-state index contributed by atoms with van der Waals surface area (Å²) in [6, 6.07) is 6.60. The molecule has 0 aromatic heterocycles. The molecule has 0 saturated heterocycles. The monoisotopic (exact) mass is 339 g/mol. The second-order valence-corrected chi connectivity index (χ2v) is 5.51. The van der Waals surface area contributed by atoms with Gasteiger partial charge in [-0.15, -0.1) is 0 Å². The molecule has 0 fully saturated rings. The predicted octanol–water partition coefficient (Wildman–Crippen LogP) is 3.08. The second kappa shape index (κ2) is 7.85. The number of hydrogen-bond acceptors (Lipinski definition) is 2. The highest BCUT2D eigenvalue weighted by molar-refractivity contribution is 9.10. The van der Waals surface area contributed by atoms with Crippen molar-refractivity contribution in [3.05, 3.63) is 40.4 Å². The van der Waals surface area contributed by atoms with Crippen molar-refractivity contribution in [2.75, 3.05) is 0 Å². The zero-order valence-corrected chi connectivity index (χ0v) is 13.1. The van der Waals surface area contributed by atoms with Crippen LogP contribution < -0.4 is 5.32 Å². The largest absolute Gasteiger partial charge is 0.480 e. The van der Waals surface area contributed by atoms with Crippen LogP contribution in [-0.4, -0.2) is 23.0 Å². The van der Waals surface area contributed by atoms with Gasteiger partial charge in [0.2, 0.25) is 5.91 Å². The van der Waals surface area contributed by atoms with Gasteiger partial charge < -0.3 is 10.4 Å². The van der Waals surface area contributed by atoms with Gasteiger partial charge in [-0.1, -0.05) is 48.3 Å². The topological polar surface area (TPSA) is 66.4 Å². The molecule has 1 aromatic carbocycles. The summed E-state index contributed by atoms with van der Waals surface area (Å²) in [6.45, 7) is 3.70. The lowest BCUT2D eigenvalue weighted by Gasteiger charge is -2.19. The van der Waals surface area contributed by atoms with E-state index in [1.165, 1.54) is 6.08 Å². The molecular weight excluding hydrogens is 322 g/mol. The fraction of sp³-hybridized carbons (Fsp3) is 0.333. The molecule has 0 aliphatic heterocycles. The van der Waals surface area contributed by atoms with Gasteiger partial charge in [-0.25, -0.2) is 4.79 Å². The van der Waals surface area contributed by atoms with Gasteiger partial charge in [0.25, 0.3) is 0 Å². The normalized spacial score (nSPS) is 13.9. The van der Waals surface area contributed by atoms with Crippen LogP contribution in [0.1, 0.15) is 25.8 Å². The Morgan fingerprint density at radius 2 is 1.95 bits per heavy atom. The zero-order chi connectivity index (χ0) is 15.1. The van der Waals surface area contributed by atoms with Crippen molar-refractivity contribution in [2.45, 2.75) is 26.3 Å². The van der Waals surface area contributed by atoms with E-state index in [0.29, 0.717) is 6.42 Å². The Labute approximate surface area is 127 Å². The van der Waals surface area contributed by atoms with Crippen LogP contribution in [0.15, 0.2) is 34.8 Å². The van der Waals surface area contributed by atoms with Gasteiger partial charge in [-0.05, 0) is 29.7 Å². The summed E-state index contributed by atoms with van der Waals surface area (Å²) in [7, 11) is 0. The molecule has 4 nitrogen and oxygen atoms in total. The van der Waals surface area contributed by atoms with Crippen molar-refractivity contribution >= 4 is 33.9 Å². The number of rotatable bonds is 6. The van der Waals surface area contributed by atoms with Crippen LogP contribution in [-0.2, 0) is 9.59 Å². The molecule has 0 aliphatic rings. The third kappa shape index (κ3) is 5.17. The molecule has 1 aromatic rings. The average molecular weight is 340 g/mol. The molecule has 1 rings (SSSR count). The van der Waals surface area contributed by atoms with Gasteiger partial charge in [0.15, 0.2) is 0 Å². The molecule has 20 heavy (non-hydrogen) atoms. The maximum atomic E-state index is 11.7. The van der Waals surface area contributed by atoms with Crippen LogP contribution in [0.2, 0.25) is 0 Å². The Morgan fingerprint density at radius 1 is 1.35 bits per heavy atom. The van der Waals surface area contributed by atoms with Gasteiger partial charge in [0.05, 0.1) is 0 Å². The van der Waals surface area contributed by atoms with E-state index >= 15 is 0 Å². The number of carboxylic acids is 1. The van der Waals surface area contributed by atoms with E-state index in [1.54, 1.807) is 13.0 Å². The molecule has 0 radical (unpaired) electrons. The van der Waals surface area contributed by atoms with Gasteiger partial charge in [0.1, 0.15) is 6.04 Å². The SMILES string of the molecule is CCC(C)[C@H](NC(=O)/C=C/c1ccc(Br)cc1)C(=O)O. The van der Waals surface area contributed by atoms with Crippen molar-refractivity contribution in [3.8, 4) is 0 Å². The Bertz CT molecular complexity index is 496. The van der Waals surface area contributed by atoms with E-state index in [9.17, 15) is 9.59 Å². The van der Waals surface area contributed by atoms with Crippen LogP contribution in [0.5, 0.6) is 0 Å². The van der Waals surface area contributed by atoms with Crippen LogP contribution in [0.3, 0.4) is 0 Å². The number of carbonyl (C=O) groups is 2. The van der Waals surface area contributed by atoms with E-state index in [0.717, 1.165) is 10.0 Å². The van der Waals surface area contributed by atoms with Crippen molar-refractivity contribution < 1.29 is 14.7 Å². The van der Waals surface area contributed by atoms with Gasteiger partial charge in [0, 0.05) is 10.5 Å². The van der Waals surface area contributed by atoms with E-state index in [4.69, 9.17) is 5.11 Å². The fourth-order valence-corrected chi connectivity index (χ4v) is 1.89. The van der Waals surface area contributed by atoms with Crippen molar-refractivity contribution in [1.82, 2.24) is 5.32 Å². The number of aliphatic carboxylic acids is 1. The molecule has 2 atom stereocenters. The summed E-state index contributed by atoms with van der Waals surface area (Å²) in [5, 5.41) is 11.6. The molecule has 0 saturated carbocycles. The Balaban J connectivity index is 2.66. The van der Waals surface area contributed by atoms with Crippen LogP contribution in [0.4, 0.5) is 0 Å². The molecule has 0 heterocycles. The number of nitrogens with one attached hydrogen (secondary N) is 1. The number of benzene rings is 1. The maximum absolute atomic E-state index is 11.7. The average Bonchev–Trinajstić information content (AvgIpc) is 2.43. The summed E-state index contributed by atoms with van der Waals surface area (Å²) in [5.74, 6) is -1.53. The number of carbonyl (C=O) groups excluding carboxylic acids is 1. The van der Waals surface area contributed by atoms with Crippen molar-refractivity contribution in [1.29, 1.82) is 0 Å². The van der Waals surface area contributed by atoms with E-state index in [-0.39, 0.29) is 5.92 Å². The van der Waals surface area contributed by atoms with Crippen LogP contribution in [0, 0.1) is 5.92 Å². The number of carboxylic acid groups (broad SMARTS) is 1. The minimum absolute atomic E-state index is 0.113. The third-order valence-corrected chi connectivity index (χ3v) is 3.60. The highest BCUT2D eigenvalue weighted by Crippen LogP contribution is 2.12. The summed E-state index contributed by atoms with van der Waals surface area (Å²) in [5.41, 5.74) is 0.874. The molecule has 1 amide bonds. The predicted molar refractivity (Wildman–Crippen MR) is 82.2 cm³/mol. The quantitative estimate of drug-likeness (QED) is 0.782. The summed E-state index contributed by atoms with van der Waals surface area (Å²) >= 11 is 3.33. The first-order valence-electron chi connectivity index (χ1n) is 6.41. The van der Waals surface area contributed by atoms with E-state index < -0.39 is 17.9 Å². The smallest absolute Gasteiger partial charge is 0.326 e. The Hall–Kier alpha value is -1.62. The van der Waals surface area contributed by atoms with Gasteiger partial charge >= 0.3 is 5.97 Å². The van der Waals surface area contributed by atoms with E-state index in [2.05, 4.69) is 21.2 Å². The third-order valence-electron chi connectivity index (χ3n) is 3.07. The molecule has 0 spiro atoms. The Morgan fingerprint density at radius 3 is 2.45 bits per heavy atom. The standard InChI is InChI=1S/C15H18BrNO3/c1-3-10(2)14(15(19)20)17-13(18)9-6-11-4-7-12(16)8-5-11/h4-10,14H,3H2,1-2H3,(H,17,18)(H,19,20)/b9-6+/t10?,14-/m0/s1. The molecule has 0 bridgehead atoms. The number of halogens is 1. The maximum Gasteiger partial charge on any atom is 0.326 e. The van der Waals surface area contributed by atoms with Crippen LogP contribution in [0.25, 0.3) is 6.08 Å². The minimum atomic E-state index is -1.01. The summed E-state index contributed by atoms with van der Waals surface area (Å²) < 4.78 is 0.960. The molecular formula is C15H18BrNO3. The van der Waals surface area contributed by atoms with Gasteiger partial charge in [-0.3, -0.25) is 4.79 Å². The van der Waals surface area contributed by atoms with E-state index in [1.807, 2.05) is 31.2 Å². The fourth-order valence-electron chi connectivity index (χ4n) is 1.63. The summed E-state index contributed by atoms with van der Waals surface area (Å²) in [6.07, 6.45) is 3.69. The molecule has 1 unspecified atom stereocenters. The molecule has 5 heteroatoms. The lowest BCUT2D eigenvalue weighted by Crippen LogP contribution is -2.44. The number of amides is 1. The minimum Gasteiger partial charge on any atom is -0.480 e. The molecule has 2 N–H and O–H groups in total. The lowest BCUT2D eigenvalue weighted by atomic mass is 9.99. The van der Waals surface area contributed by atoms with Crippen molar-refractivity contribution in [3.63, 3.8) is 0 Å². The lowest BCUT2D eigenvalue weighted by molar-refractivity contribution is -0.142. The highest BCUT2D eigenvalue weighted by Gasteiger charge is 2.24. The summed E-state index contributed by atoms with van der Waals surface area (Å²) in [4.78, 5) is 22.9. The zero-order valence-electron chi connectivity index (χ0n) is 11.5. The first-order chi connectivity index (χ1) is 9.43. The second-order valence-electron chi connectivity index (χ2n) is 4.59.